The molecule has 8 nitrogen and oxygen atoms in total. The molecule has 0 bridgehead atoms. The summed E-state index contributed by atoms with van der Waals surface area (Å²) in [6, 6.07) is 8.24. The van der Waals surface area contributed by atoms with Crippen LogP contribution in [-0.2, 0) is 14.8 Å². The number of nitrogens with zero attached hydrogens (tertiary/aromatic N) is 2. The van der Waals surface area contributed by atoms with Crippen LogP contribution < -0.4 is 4.72 Å². The molecule has 0 unspecified atom stereocenters. The maximum atomic E-state index is 13.1. The van der Waals surface area contributed by atoms with Crippen LogP contribution >= 0.6 is 0 Å². The second kappa shape index (κ2) is 7.73. The highest BCUT2D eigenvalue weighted by Crippen LogP contribution is 2.28. The van der Waals surface area contributed by atoms with E-state index in [2.05, 4.69) is 9.88 Å². The highest BCUT2D eigenvalue weighted by Gasteiger charge is 2.26. The van der Waals surface area contributed by atoms with Crippen LogP contribution in [0.25, 0.3) is 11.0 Å². The first-order valence-corrected chi connectivity index (χ1v) is 11.1. The van der Waals surface area contributed by atoms with Gasteiger partial charge in [0.1, 0.15) is 0 Å². The van der Waals surface area contributed by atoms with Crippen molar-refractivity contribution in [3.8, 4) is 0 Å². The zero-order chi connectivity index (χ0) is 21.5. The molecular weight excluding hydrogens is 406 g/mol. The van der Waals surface area contributed by atoms with E-state index in [1.807, 2.05) is 32.9 Å². The van der Waals surface area contributed by atoms with Gasteiger partial charge in [-0.05, 0) is 50.1 Å². The Kier molecular flexibility index (Phi) is 5.25. The summed E-state index contributed by atoms with van der Waals surface area (Å²) in [5.41, 5.74) is 3.75. The Morgan fingerprint density at radius 1 is 1.07 bits per heavy atom. The van der Waals surface area contributed by atoms with Crippen LogP contribution in [0, 0.1) is 20.8 Å². The Morgan fingerprint density at radius 3 is 2.40 bits per heavy atom. The van der Waals surface area contributed by atoms with Gasteiger partial charge < -0.3 is 14.2 Å². The molecule has 4 rings (SSSR count). The first kappa shape index (κ1) is 20.4. The standard InChI is InChI=1S/C21H23N3O5S/c1-13-10-14(2)19(15(3)11-13)23-30(26,27)16-4-5-18-17(12-16)20(22-29-18)21(25)24-6-8-28-9-7-24/h4-5,10-12,23H,6-9H2,1-3H3. The van der Waals surface area contributed by atoms with Gasteiger partial charge in [-0.1, -0.05) is 22.9 Å². The molecule has 0 atom stereocenters. The third-order valence-corrected chi connectivity index (χ3v) is 6.51. The lowest BCUT2D eigenvalue weighted by molar-refractivity contribution is 0.0297. The average molecular weight is 429 g/mol. The van der Waals surface area contributed by atoms with Crippen molar-refractivity contribution >= 4 is 32.6 Å². The second-order valence-corrected chi connectivity index (χ2v) is 9.16. The summed E-state index contributed by atoms with van der Waals surface area (Å²) in [5.74, 6) is -0.301. The molecule has 30 heavy (non-hydrogen) atoms. The van der Waals surface area contributed by atoms with Gasteiger partial charge >= 0.3 is 0 Å². The SMILES string of the molecule is Cc1cc(C)c(NS(=O)(=O)c2ccc3onc(C(=O)N4CCOCC4)c3c2)c(C)c1. The Morgan fingerprint density at radius 2 is 1.73 bits per heavy atom. The number of rotatable bonds is 4. The summed E-state index contributed by atoms with van der Waals surface area (Å²) in [4.78, 5) is 14.5. The number of fused-ring (bicyclic) bond motifs is 1. The first-order chi connectivity index (χ1) is 14.3. The maximum Gasteiger partial charge on any atom is 0.276 e. The molecule has 1 aliphatic heterocycles. The summed E-state index contributed by atoms with van der Waals surface area (Å²) in [7, 11) is -3.87. The molecule has 3 aromatic rings. The van der Waals surface area contributed by atoms with E-state index >= 15 is 0 Å². The van der Waals surface area contributed by atoms with Gasteiger partial charge in [0.2, 0.25) is 0 Å². The average Bonchev–Trinajstić information content (AvgIpc) is 3.14. The zero-order valence-corrected chi connectivity index (χ0v) is 17.9. The molecule has 2 heterocycles. The Bertz CT molecular complexity index is 1200. The number of benzene rings is 2. The lowest BCUT2D eigenvalue weighted by Gasteiger charge is -2.25. The van der Waals surface area contributed by atoms with E-state index in [9.17, 15) is 13.2 Å². The van der Waals surface area contributed by atoms with Crippen LogP contribution in [0.5, 0.6) is 0 Å². The molecule has 0 spiro atoms. The van der Waals surface area contributed by atoms with Crippen LogP contribution in [-0.4, -0.2) is 50.7 Å². The maximum absolute atomic E-state index is 13.1. The van der Waals surface area contributed by atoms with Crippen molar-refractivity contribution in [1.29, 1.82) is 0 Å². The predicted molar refractivity (Wildman–Crippen MR) is 112 cm³/mol. The monoisotopic (exact) mass is 429 g/mol. The number of amides is 1. The molecule has 0 radical (unpaired) electrons. The van der Waals surface area contributed by atoms with Gasteiger partial charge in [0, 0.05) is 13.1 Å². The molecule has 158 valence electrons. The number of carbonyl (C=O) groups excluding carboxylic acids is 1. The molecule has 1 aromatic heterocycles. The Labute approximate surface area is 174 Å². The molecule has 2 aromatic carbocycles. The van der Waals surface area contributed by atoms with Crippen LogP contribution in [0.3, 0.4) is 0 Å². The largest absolute Gasteiger partial charge is 0.378 e. The number of aryl methyl sites for hydroxylation is 3. The van der Waals surface area contributed by atoms with Gasteiger partial charge in [0.25, 0.3) is 15.9 Å². The number of hydrogen-bond donors (Lipinski definition) is 1. The number of sulfonamides is 1. The van der Waals surface area contributed by atoms with E-state index in [4.69, 9.17) is 9.26 Å². The third kappa shape index (κ3) is 3.78. The number of carbonyl (C=O) groups is 1. The molecule has 1 saturated heterocycles. The second-order valence-electron chi connectivity index (χ2n) is 7.47. The predicted octanol–water partition coefficient (Wildman–Crippen LogP) is 3.03. The number of hydrogen-bond acceptors (Lipinski definition) is 6. The number of nitrogens with one attached hydrogen (secondary N) is 1. The molecule has 1 amide bonds. The third-order valence-electron chi connectivity index (χ3n) is 5.17. The van der Waals surface area contributed by atoms with Gasteiger partial charge in [-0.3, -0.25) is 9.52 Å². The van der Waals surface area contributed by atoms with E-state index in [-0.39, 0.29) is 16.5 Å². The normalized spacial score (nSPS) is 14.8. The smallest absolute Gasteiger partial charge is 0.276 e. The fourth-order valence-electron chi connectivity index (χ4n) is 3.69. The molecule has 0 saturated carbocycles. The fraction of sp³-hybridized carbons (Fsp3) is 0.333. The summed E-state index contributed by atoms with van der Waals surface area (Å²) >= 11 is 0. The summed E-state index contributed by atoms with van der Waals surface area (Å²) in [6.07, 6.45) is 0. The van der Waals surface area contributed by atoms with Gasteiger partial charge in [0.15, 0.2) is 11.3 Å². The van der Waals surface area contributed by atoms with Crippen LogP contribution in [0.1, 0.15) is 27.2 Å². The number of morpholine rings is 1. The van der Waals surface area contributed by atoms with E-state index in [0.29, 0.717) is 43.0 Å². The van der Waals surface area contributed by atoms with Crippen LogP contribution in [0.2, 0.25) is 0 Å². The molecule has 1 aliphatic rings. The van der Waals surface area contributed by atoms with Crippen molar-refractivity contribution in [3.05, 3.63) is 52.7 Å². The lowest BCUT2D eigenvalue weighted by Crippen LogP contribution is -2.40. The fourth-order valence-corrected chi connectivity index (χ4v) is 4.92. The lowest BCUT2D eigenvalue weighted by atomic mass is 10.1. The van der Waals surface area contributed by atoms with E-state index in [0.717, 1.165) is 16.7 Å². The molecular formula is C21H23N3O5S. The number of ether oxygens (including phenoxy) is 1. The molecule has 1 N–H and O–H groups in total. The minimum absolute atomic E-state index is 0.0357. The Hall–Kier alpha value is -2.91. The first-order valence-electron chi connectivity index (χ1n) is 9.63. The van der Waals surface area contributed by atoms with Crippen molar-refractivity contribution < 1.29 is 22.5 Å². The van der Waals surface area contributed by atoms with Crippen molar-refractivity contribution in [1.82, 2.24) is 10.1 Å². The minimum atomic E-state index is -3.87. The van der Waals surface area contributed by atoms with E-state index in [1.165, 1.54) is 18.2 Å². The number of anilines is 1. The van der Waals surface area contributed by atoms with Crippen molar-refractivity contribution in [2.24, 2.45) is 0 Å². The quantitative estimate of drug-likeness (QED) is 0.684. The minimum Gasteiger partial charge on any atom is -0.378 e. The van der Waals surface area contributed by atoms with Crippen LogP contribution in [0.4, 0.5) is 5.69 Å². The van der Waals surface area contributed by atoms with Crippen molar-refractivity contribution in [3.63, 3.8) is 0 Å². The Balaban J connectivity index is 1.70. The van der Waals surface area contributed by atoms with Gasteiger partial charge in [-0.2, -0.15) is 0 Å². The summed E-state index contributed by atoms with van der Waals surface area (Å²) in [5, 5.41) is 4.26. The van der Waals surface area contributed by atoms with E-state index < -0.39 is 10.0 Å². The highest BCUT2D eigenvalue weighted by atomic mass is 32.2. The number of aromatic nitrogens is 1. The zero-order valence-electron chi connectivity index (χ0n) is 17.1. The van der Waals surface area contributed by atoms with Gasteiger partial charge in [-0.15, -0.1) is 0 Å². The van der Waals surface area contributed by atoms with Gasteiger partial charge in [-0.25, -0.2) is 8.42 Å². The van der Waals surface area contributed by atoms with E-state index in [1.54, 1.807) is 4.90 Å². The summed E-state index contributed by atoms with van der Waals surface area (Å²) in [6.45, 7) is 7.52. The topological polar surface area (TPSA) is 102 Å². The summed E-state index contributed by atoms with van der Waals surface area (Å²) < 4.78 is 39.3. The highest BCUT2D eigenvalue weighted by molar-refractivity contribution is 7.92. The molecule has 9 heteroatoms. The molecule has 1 fully saturated rings. The van der Waals surface area contributed by atoms with Gasteiger partial charge in [0.05, 0.1) is 29.2 Å². The van der Waals surface area contributed by atoms with Crippen LogP contribution in [0.15, 0.2) is 39.8 Å². The molecule has 0 aliphatic carbocycles. The van der Waals surface area contributed by atoms with Crippen molar-refractivity contribution in [2.45, 2.75) is 25.7 Å². The van der Waals surface area contributed by atoms with Crippen molar-refractivity contribution in [2.75, 3.05) is 31.0 Å².